The fourth-order valence-electron chi connectivity index (χ4n) is 3.55. The Morgan fingerprint density at radius 2 is 1.97 bits per heavy atom. The van der Waals surface area contributed by atoms with Gasteiger partial charge in [-0.1, -0.05) is 23.5 Å². The van der Waals surface area contributed by atoms with Gasteiger partial charge < -0.3 is 19.0 Å². The van der Waals surface area contributed by atoms with Crippen LogP contribution in [0.3, 0.4) is 0 Å². The van der Waals surface area contributed by atoms with Crippen LogP contribution in [0.2, 0.25) is 0 Å². The largest absolute Gasteiger partial charge is 0.503 e. The molecule has 0 saturated carbocycles. The van der Waals surface area contributed by atoms with Crippen LogP contribution in [0.15, 0.2) is 58.4 Å². The number of anilines is 1. The Bertz CT molecular complexity index is 1240. The minimum Gasteiger partial charge on any atom is -0.503 e. The number of hydrogen-bond acceptors (Lipinski definition) is 9. The summed E-state index contributed by atoms with van der Waals surface area (Å²) in [6, 6.07) is 8.72. The molecule has 0 fully saturated rings. The average molecular weight is 468 g/mol. The van der Waals surface area contributed by atoms with E-state index in [9.17, 15) is 19.5 Å². The second-order valence-electron chi connectivity index (χ2n) is 7.05. The van der Waals surface area contributed by atoms with Crippen LogP contribution in [0.5, 0.6) is 5.75 Å². The van der Waals surface area contributed by atoms with Gasteiger partial charge in [0.1, 0.15) is 10.6 Å². The highest BCUT2D eigenvalue weighted by atomic mass is 32.1. The number of hydrogen-bond donors (Lipinski definition) is 1. The molecule has 1 aromatic carbocycles. The van der Waals surface area contributed by atoms with Crippen LogP contribution >= 0.6 is 11.3 Å². The summed E-state index contributed by atoms with van der Waals surface area (Å²) < 4.78 is 15.5. The summed E-state index contributed by atoms with van der Waals surface area (Å²) in [7, 11) is 1.52. The summed E-state index contributed by atoms with van der Waals surface area (Å²) >= 11 is 0.950. The Morgan fingerprint density at radius 3 is 2.58 bits per heavy atom. The molecule has 1 amide bonds. The number of esters is 1. The lowest BCUT2D eigenvalue weighted by Gasteiger charge is -2.24. The van der Waals surface area contributed by atoms with E-state index in [2.05, 4.69) is 4.98 Å². The number of ketones is 1. The molecule has 170 valence electrons. The number of amides is 1. The maximum Gasteiger partial charge on any atom is 0.350 e. The minimum absolute atomic E-state index is 0.0211. The highest BCUT2D eigenvalue weighted by Crippen LogP contribution is 2.44. The normalized spacial score (nSPS) is 15.8. The van der Waals surface area contributed by atoms with Gasteiger partial charge in [0, 0.05) is 0 Å². The predicted molar refractivity (Wildman–Crippen MR) is 119 cm³/mol. The third kappa shape index (κ3) is 3.89. The lowest BCUT2D eigenvalue weighted by atomic mass is 9.95. The second-order valence-corrected chi connectivity index (χ2v) is 8.03. The molecule has 0 saturated heterocycles. The molecule has 1 aliphatic rings. The smallest absolute Gasteiger partial charge is 0.350 e. The molecular weight excluding hydrogens is 448 g/mol. The summed E-state index contributed by atoms with van der Waals surface area (Å²) in [6.07, 6.45) is 1.33. The van der Waals surface area contributed by atoms with Crippen molar-refractivity contribution >= 4 is 34.1 Å². The maximum absolute atomic E-state index is 13.2. The monoisotopic (exact) mass is 468 g/mol. The van der Waals surface area contributed by atoms with Gasteiger partial charge in [-0.3, -0.25) is 14.5 Å². The van der Waals surface area contributed by atoms with Gasteiger partial charge in [0.15, 0.2) is 16.7 Å². The molecule has 3 aromatic rings. The van der Waals surface area contributed by atoms with E-state index >= 15 is 0 Å². The van der Waals surface area contributed by atoms with E-state index in [0.29, 0.717) is 17.0 Å². The number of aliphatic hydroxyl groups excluding tert-OH is 1. The number of carbonyl (C=O) groups is 3. The summed E-state index contributed by atoms with van der Waals surface area (Å²) in [5.74, 6) is -2.15. The van der Waals surface area contributed by atoms with Crippen LogP contribution < -0.4 is 9.64 Å². The average Bonchev–Trinajstić information content (AvgIpc) is 3.53. The van der Waals surface area contributed by atoms with E-state index in [1.54, 1.807) is 38.1 Å². The van der Waals surface area contributed by atoms with Crippen LogP contribution in [0.4, 0.5) is 5.13 Å². The predicted octanol–water partition coefficient (Wildman–Crippen LogP) is 4.01. The van der Waals surface area contributed by atoms with E-state index in [1.165, 1.54) is 30.4 Å². The third-order valence-electron chi connectivity index (χ3n) is 5.08. The molecule has 1 aliphatic heterocycles. The van der Waals surface area contributed by atoms with Crippen molar-refractivity contribution in [3.05, 3.63) is 75.9 Å². The van der Waals surface area contributed by atoms with Gasteiger partial charge in [0.05, 0.1) is 37.3 Å². The van der Waals surface area contributed by atoms with Crippen molar-refractivity contribution in [1.29, 1.82) is 0 Å². The lowest BCUT2D eigenvalue weighted by Crippen LogP contribution is -2.31. The Morgan fingerprint density at radius 1 is 1.24 bits per heavy atom. The Labute approximate surface area is 192 Å². The number of ether oxygens (including phenoxy) is 2. The highest BCUT2D eigenvalue weighted by molar-refractivity contribution is 7.17. The number of aliphatic hydroxyl groups is 1. The van der Waals surface area contributed by atoms with Crippen molar-refractivity contribution in [2.24, 2.45) is 0 Å². The molecule has 1 N–H and O–H groups in total. The summed E-state index contributed by atoms with van der Waals surface area (Å²) in [5.41, 5.74) is 0.763. The molecule has 10 heteroatoms. The standard InChI is InChI=1S/C23H20N2O7S/c1-4-31-22(29)20-12(2)24-23(33-20)25-17(13-7-9-14(30-3)10-8-13)16(19(27)21(25)28)18(26)15-6-5-11-32-15/h5-11,17,27H,4H2,1-3H3/t17-/m0/s1. The fourth-order valence-corrected chi connectivity index (χ4v) is 4.54. The molecule has 9 nitrogen and oxygen atoms in total. The van der Waals surface area contributed by atoms with E-state index in [-0.39, 0.29) is 27.9 Å². The Kier molecular flexibility index (Phi) is 6.01. The molecule has 0 aliphatic carbocycles. The molecule has 4 rings (SSSR count). The van der Waals surface area contributed by atoms with Crippen molar-refractivity contribution in [2.45, 2.75) is 19.9 Å². The summed E-state index contributed by atoms with van der Waals surface area (Å²) in [6.45, 7) is 3.50. The summed E-state index contributed by atoms with van der Waals surface area (Å²) in [5, 5.41) is 10.9. The Hall–Kier alpha value is -3.92. The van der Waals surface area contributed by atoms with Crippen LogP contribution in [-0.2, 0) is 9.53 Å². The van der Waals surface area contributed by atoms with Crippen LogP contribution in [0, 0.1) is 6.92 Å². The van der Waals surface area contributed by atoms with E-state index in [4.69, 9.17) is 13.9 Å². The van der Waals surface area contributed by atoms with Gasteiger partial charge in [-0.25, -0.2) is 9.78 Å². The zero-order valence-corrected chi connectivity index (χ0v) is 18.8. The van der Waals surface area contributed by atoms with Gasteiger partial charge in [0.2, 0.25) is 5.78 Å². The lowest BCUT2D eigenvalue weighted by molar-refractivity contribution is -0.117. The van der Waals surface area contributed by atoms with Crippen molar-refractivity contribution in [2.75, 3.05) is 18.6 Å². The topological polar surface area (TPSA) is 119 Å². The van der Waals surface area contributed by atoms with Gasteiger partial charge >= 0.3 is 5.97 Å². The van der Waals surface area contributed by atoms with Gasteiger partial charge in [-0.15, -0.1) is 0 Å². The first-order valence-electron chi connectivity index (χ1n) is 10.0. The molecule has 0 radical (unpaired) electrons. The molecule has 1 atom stereocenters. The number of aromatic nitrogens is 1. The quantitative estimate of drug-likeness (QED) is 0.408. The number of furan rings is 1. The van der Waals surface area contributed by atoms with Crippen LogP contribution in [-0.4, -0.2) is 41.5 Å². The maximum atomic E-state index is 13.2. The van der Waals surface area contributed by atoms with Gasteiger partial charge in [-0.2, -0.15) is 0 Å². The van der Waals surface area contributed by atoms with Crippen molar-refractivity contribution in [3.63, 3.8) is 0 Å². The number of carbonyl (C=O) groups excluding carboxylic acids is 3. The number of rotatable bonds is 7. The fraction of sp³-hybridized carbons (Fsp3) is 0.217. The van der Waals surface area contributed by atoms with Gasteiger partial charge in [-0.05, 0) is 43.7 Å². The van der Waals surface area contributed by atoms with Crippen LogP contribution in [0.1, 0.15) is 44.4 Å². The van der Waals surface area contributed by atoms with Gasteiger partial charge in [0.25, 0.3) is 5.91 Å². The number of nitrogens with zero attached hydrogens (tertiary/aromatic N) is 2. The van der Waals surface area contributed by atoms with Crippen molar-refractivity contribution < 1.29 is 33.4 Å². The Balaban J connectivity index is 1.84. The minimum atomic E-state index is -0.999. The number of thiazole rings is 1. The zero-order valence-electron chi connectivity index (χ0n) is 18.0. The van der Waals surface area contributed by atoms with E-state index in [1.807, 2.05) is 0 Å². The number of benzene rings is 1. The number of Topliss-reactive ketones (excluding diaryl/α,β-unsaturated/α-hetero) is 1. The molecular formula is C23H20N2O7S. The van der Waals surface area contributed by atoms with E-state index in [0.717, 1.165) is 11.3 Å². The van der Waals surface area contributed by atoms with E-state index < -0.39 is 29.5 Å². The summed E-state index contributed by atoms with van der Waals surface area (Å²) in [4.78, 5) is 44.5. The first-order chi connectivity index (χ1) is 15.9. The highest BCUT2D eigenvalue weighted by Gasteiger charge is 2.46. The first-order valence-corrected chi connectivity index (χ1v) is 10.8. The first kappa shape index (κ1) is 22.3. The van der Waals surface area contributed by atoms with Crippen molar-refractivity contribution in [3.8, 4) is 5.75 Å². The van der Waals surface area contributed by atoms with Crippen molar-refractivity contribution in [1.82, 2.24) is 4.98 Å². The number of aryl methyl sites for hydroxylation is 1. The second kappa shape index (κ2) is 8.91. The molecule has 3 heterocycles. The zero-order chi connectivity index (χ0) is 23.7. The molecule has 0 bridgehead atoms. The SMILES string of the molecule is CCOC(=O)c1sc(N2C(=O)C(O)=C(C(=O)c3ccco3)[C@@H]2c2ccc(OC)cc2)nc1C. The molecule has 2 aromatic heterocycles. The third-order valence-corrected chi connectivity index (χ3v) is 6.22. The van der Waals surface area contributed by atoms with Crippen LogP contribution in [0.25, 0.3) is 0 Å². The number of methoxy groups -OCH3 is 1. The molecule has 0 spiro atoms. The molecule has 33 heavy (non-hydrogen) atoms. The molecule has 0 unspecified atom stereocenters.